The smallest absolute Gasteiger partial charge is 0.254 e. The van der Waals surface area contributed by atoms with E-state index in [1.165, 1.54) is 0 Å². The molecule has 0 aliphatic carbocycles. The largest absolute Gasteiger partial charge is 0.337 e. The average Bonchev–Trinajstić information content (AvgIpc) is 3.13. The number of rotatable bonds is 4. The highest BCUT2D eigenvalue weighted by atomic mass is 16.2. The van der Waals surface area contributed by atoms with Gasteiger partial charge in [-0.05, 0) is 36.8 Å². The van der Waals surface area contributed by atoms with Crippen molar-refractivity contribution in [2.75, 3.05) is 7.05 Å². The minimum atomic E-state index is -0.0433. The van der Waals surface area contributed by atoms with E-state index in [0.717, 1.165) is 33.4 Å². The normalized spacial score (nSPS) is 11.0. The summed E-state index contributed by atoms with van der Waals surface area (Å²) in [4.78, 5) is 24.0. The van der Waals surface area contributed by atoms with Crippen LogP contribution in [0.5, 0.6) is 0 Å². The molecule has 0 atom stereocenters. The van der Waals surface area contributed by atoms with Crippen molar-refractivity contribution in [2.24, 2.45) is 7.05 Å². The highest BCUT2D eigenvalue weighted by molar-refractivity contribution is 6.07. The quantitative estimate of drug-likeness (QED) is 0.550. The Labute approximate surface area is 163 Å². The van der Waals surface area contributed by atoms with E-state index in [2.05, 4.69) is 10.1 Å². The van der Waals surface area contributed by atoms with Gasteiger partial charge in [0.05, 0.1) is 23.0 Å². The van der Waals surface area contributed by atoms with Gasteiger partial charge in [-0.15, -0.1) is 0 Å². The van der Waals surface area contributed by atoms with Crippen molar-refractivity contribution in [1.82, 2.24) is 24.6 Å². The molecule has 1 aromatic carbocycles. The number of hydrogen-bond donors (Lipinski definition) is 0. The third-order valence-electron chi connectivity index (χ3n) is 4.67. The standard InChI is InChI=1S/C22H21N5O/c1-15-10-16(8-9-23-15)13-26(2)22(28)19-11-21(17-12-24-27(3)14-17)25-20-7-5-4-6-18(19)20/h4-12,14H,13H2,1-3H3. The Kier molecular flexibility index (Phi) is 4.61. The van der Waals surface area contributed by atoms with Gasteiger partial charge < -0.3 is 4.90 Å². The molecule has 0 aliphatic rings. The van der Waals surface area contributed by atoms with Gasteiger partial charge in [-0.3, -0.25) is 14.5 Å². The number of carbonyl (C=O) groups is 1. The first kappa shape index (κ1) is 17.9. The summed E-state index contributed by atoms with van der Waals surface area (Å²) in [5.41, 5.74) is 5.04. The monoisotopic (exact) mass is 371 g/mol. The number of nitrogens with zero attached hydrogens (tertiary/aromatic N) is 5. The summed E-state index contributed by atoms with van der Waals surface area (Å²) in [6.45, 7) is 2.46. The molecule has 6 nitrogen and oxygen atoms in total. The lowest BCUT2D eigenvalue weighted by atomic mass is 10.0. The zero-order chi connectivity index (χ0) is 19.7. The van der Waals surface area contributed by atoms with Crippen LogP contribution in [0.2, 0.25) is 0 Å². The molecule has 6 heteroatoms. The van der Waals surface area contributed by atoms with Crippen LogP contribution >= 0.6 is 0 Å². The number of carbonyl (C=O) groups excluding carboxylic acids is 1. The van der Waals surface area contributed by atoms with Crippen LogP contribution in [0.25, 0.3) is 22.2 Å². The first-order valence-electron chi connectivity index (χ1n) is 9.07. The number of benzene rings is 1. The Hall–Kier alpha value is -3.54. The predicted molar refractivity (Wildman–Crippen MR) is 109 cm³/mol. The highest BCUT2D eigenvalue weighted by Crippen LogP contribution is 2.25. The number of para-hydroxylation sites is 1. The lowest BCUT2D eigenvalue weighted by Gasteiger charge is -2.19. The molecule has 140 valence electrons. The molecule has 3 aromatic heterocycles. The maximum Gasteiger partial charge on any atom is 0.254 e. The second-order valence-electron chi connectivity index (χ2n) is 6.94. The molecule has 0 fully saturated rings. The van der Waals surface area contributed by atoms with Crippen LogP contribution in [0.1, 0.15) is 21.6 Å². The van der Waals surface area contributed by atoms with E-state index in [4.69, 9.17) is 4.98 Å². The summed E-state index contributed by atoms with van der Waals surface area (Å²) in [5.74, 6) is -0.0433. The summed E-state index contributed by atoms with van der Waals surface area (Å²) in [7, 11) is 3.68. The SMILES string of the molecule is Cc1cc(CN(C)C(=O)c2cc(-c3cnn(C)c3)nc3ccccc23)ccn1. The number of aryl methyl sites for hydroxylation is 2. The zero-order valence-corrected chi connectivity index (χ0v) is 16.1. The molecule has 0 radical (unpaired) electrons. The molecule has 0 saturated heterocycles. The number of amides is 1. The third-order valence-corrected chi connectivity index (χ3v) is 4.67. The maximum absolute atomic E-state index is 13.3. The Morgan fingerprint density at radius 2 is 2.00 bits per heavy atom. The second-order valence-corrected chi connectivity index (χ2v) is 6.94. The Bertz CT molecular complexity index is 1160. The van der Waals surface area contributed by atoms with Gasteiger partial charge in [-0.25, -0.2) is 4.98 Å². The maximum atomic E-state index is 13.3. The number of fused-ring (bicyclic) bond motifs is 1. The van der Waals surface area contributed by atoms with E-state index in [-0.39, 0.29) is 5.91 Å². The van der Waals surface area contributed by atoms with Crippen LogP contribution < -0.4 is 0 Å². The highest BCUT2D eigenvalue weighted by Gasteiger charge is 2.18. The van der Waals surface area contributed by atoms with E-state index in [1.807, 2.05) is 69.7 Å². The van der Waals surface area contributed by atoms with E-state index in [0.29, 0.717) is 12.1 Å². The van der Waals surface area contributed by atoms with Crippen molar-refractivity contribution in [3.05, 3.63) is 77.9 Å². The summed E-state index contributed by atoms with van der Waals surface area (Å²) in [6.07, 6.45) is 5.43. The summed E-state index contributed by atoms with van der Waals surface area (Å²) in [6, 6.07) is 13.5. The zero-order valence-electron chi connectivity index (χ0n) is 16.1. The van der Waals surface area contributed by atoms with Crippen molar-refractivity contribution >= 4 is 16.8 Å². The van der Waals surface area contributed by atoms with Gasteiger partial charge in [-0.2, -0.15) is 5.10 Å². The van der Waals surface area contributed by atoms with Crippen molar-refractivity contribution in [2.45, 2.75) is 13.5 Å². The number of aromatic nitrogens is 4. The Morgan fingerprint density at radius 1 is 1.18 bits per heavy atom. The van der Waals surface area contributed by atoms with Gasteiger partial charge in [-0.1, -0.05) is 18.2 Å². The minimum Gasteiger partial charge on any atom is -0.337 e. The second kappa shape index (κ2) is 7.23. The molecule has 1 amide bonds. The molecular formula is C22H21N5O. The van der Waals surface area contributed by atoms with Crippen LogP contribution in [-0.4, -0.2) is 37.6 Å². The van der Waals surface area contributed by atoms with Gasteiger partial charge in [0.25, 0.3) is 5.91 Å². The van der Waals surface area contributed by atoms with Crippen LogP contribution in [0, 0.1) is 6.92 Å². The predicted octanol–water partition coefficient (Wildman–Crippen LogP) is 3.61. The van der Waals surface area contributed by atoms with Crippen LogP contribution in [-0.2, 0) is 13.6 Å². The molecule has 0 unspecified atom stereocenters. The van der Waals surface area contributed by atoms with Crippen molar-refractivity contribution in [3.8, 4) is 11.3 Å². The van der Waals surface area contributed by atoms with E-state index >= 15 is 0 Å². The van der Waals surface area contributed by atoms with E-state index in [1.54, 1.807) is 22.0 Å². The van der Waals surface area contributed by atoms with Gasteiger partial charge in [0.15, 0.2) is 0 Å². The van der Waals surface area contributed by atoms with Gasteiger partial charge in [0.2, 0.25) is 0 Å². The Morgan fingerprint density at radius 3 is 2.75 bits per heavy atom. The fourth-order valence-electron chi connectivity index (χ4n) is 3.31. The van der Waals surface area contributed by atoms with Gasteiger partial charge in [0, 0.05) is 49.7 Å². The van der Waals surface area contributed by atoms with Gasteiger partial charge in [0.1, 0.15) is 0 Å². The number of pyridine rings is 2. The van der Waals surface area contributed by atoms with Crippen molar-refractivity contribution < 1.29 is 4.79 Å². The summed E-state index contributed by atoms with van der Waals surface area (Å²) < 4.78 is 1.73. The lowest BCUT2D eigenvalue weighted by Crippen LogP contribution is -2.26. The van der Waals surface area contributed by atoms with Crippen LogP contribution in [0.4, 0.5) is 0 Å². The summed E-state index contributed by atoms with van der Waals surface area (Å²) in [5, 5.41) is 5.07. The first-order chi connectivity index (χ1) is 13.5. The number of hydrogen-bond acceptors (Lipinski definition) is 4. The minimum absolute atomic E-state index is 0.0433. The molecular weight excluding hydrogens is 350 g/mol. The molecule has 0 aliphatic heterocycles. The van der Waals surface area contributed by atoms with Crippen LogP contribution in [0.15, 0.2) is 61.1 Å². The Balaban J connectivity index is 1.74. The van der Waals surface area contributed by atoms with Gasteiger partial charge >= 0.3 is 0 Å². The molecule has 0 bridgehead atoms. The molecule has 28 heavy (non-hydrogen) atoms. The molecule has 0 spiro atoms. The summed E-state index contributed by atoms with van der Waals surface area (Å²) >= 11 is 0. The fourth-order valence-corrected chi connectivity index (χ4v) is 3.31. The third kappa shape index (κ3) is 3.49. The van der Waals surface area contributed by atoms with Crippen molar-refractivity contribution in [3.63, 3.8) is 0 Å². The van der Waals surface area contributed by atoms with E-state index in [9.17, 15) is 4.79 Å². The lowest BCUT2D eigenvalue weighted by molar-refractivity contribution is 0.0787. The first-order valence-corrected chi connectivity index (χ1v) is 9.07. The van der Waals surface area contributed by atoms with E-state index < -0.39 is 0 Å². The molecule has 0 N–H and O–H groups in total. The fraction of sp³-hybridized carbons (Fsp3) is 0.182. The van der Waals surface area contributed by atoms with Crippen molar-refractivity contribution in [1.29, 1.82) is 0 Å². The molecule has 0 saturated carbocycles. The molecule has 4 rings (SSSR count). The topological polar surface area (TPSA) is 63.9 Å². The molecule has 3 heterocycles. The molecule has 4 aromatic rings. The average molecular weight is 371 g/mol. The van der Waals surface area contributed by atoms with Crippen LogP contribution in [0.3, 0.4) is 0 Å².